The van der Waals surface area contributed by atoms with Crippen LogP contribution in [-0.2, 0) is 28.6 Å². The van der Waals surface area contributed by atoms with Gasteiger partial charge >= 0.3 is 17.9 Å². The molecule has 0 aromatic rings. The third-order valence-electron chi connectivity index (χ3n) is 4.10. The smallest absolute Gasteiger partial charge is 0.337 e. The Kier molecular flexibility index (Phi) is 5.01. The zero-order valence-electron chi connectivity index (χ0n) is 13.9. The lowest BCUT2D eigenvalue weighted by Crippen LogP contribution is -2.46. The molecule has 7 heteroatoms. The van der Waals surface area contributed by atoms with Gasteiger partial charge in [0, 0.05) is 18.4 Å². The lowest BCUT2D eigenvalue weighted by atomic mass is 9.71. The molecule has 0 N–H and O–H groups in total. The first-order valence-electron chi connectivity index (χ1n) is 6.59. The van der Waals surface area contributed by atoms with Crippen molar-refractivity contribution in [2.75, 3.05) is 28.4 Å². The van der Waals surface area contributed by atoms with Crippen molar-refractivity contribution in [1.29, 1.82) is 0 Å². The molecule has 122 valence electrons. The number of nitrogens with zero attached hydrogens (tertiary/aromatic N) is 1. The Hall–Kier alpha value is -2.31. The highest BCUT2D eigenvalue weighted by Crippen LogP contribution is 2.45. The van der Waals surface area contributed by atoms with Crippen LogP contribution in [0.1, 0.15) is 20.8 Å². The third-order valence-corrected chi connectivity index (χ3v) is 4.10. The van der Waals surface area contributed by atoms with Crippen LogP contribution in [-0.4, -0.2) is 51.2 Å². The fourth-order valence-electron chi connectivity index (χ4n) is 2.75. The van der Waals surface area contributed by atoms with Crippen molar-refractivity contribution in [2.45, 2.75) is 20.8 Å². The second-order valence-electron chi connectivity index (χ2n) is 5.08. The van der Waals surface area contributed by atoms with Gasteiger partial charge in [-0.15, -0.1) is 0 Å². The summed E-state index contributed by atoms with van der Waals surface area (Å²) in [6.07, 6.45) is 0. The standard InChI is InChI=1S/C15H21NO6/c1-8-10(12(17)20-5)15(3,14(19)22-7)11(13(18)21-6)9(2)16(8)4/h1-7H3. The fraction of sp³-hybridized carbons (Fsp3) is 0.533. The number of hydrogen-bond acceptors (Lipinski definition) is 7. The first-order chi connectivity index (χ1) is 10.2. The number of allylic oxidation sites excluding steroid dienone is 2. The van der Waals surface area contributed by atoms with Crippen LogP contribution in [0.15, 0.2) is 22.5 Å². The van der Waals surface area contributed by atoms with Crippen molar-refractivity contribution < 1.29 is 28.6 Å². The molecule has 1 aliphatic heterocycles. The Balaban J connectivity index is 3.79. The normalized spacial score (nSPS) is 17.3. The van der Waals surface area contributed by atoms with Gasteiger partial charge in [-0.05, 0) is 20.8 Å². The first kappa shape index (κ1) is 17.7. The van der Waals surface area contributed by atoms with E-state index in [-0.39, 0.29) is 11.1 Å². The maximum absolute atomic E-state index is 12.4. The maximum atomic E-state index is 12.4. The first-order valence-corrected chi connectivity index (χ1v) is 6.59. The predicted octanol–water partition coefficient (Wildman–Crippen LogP) is 1.01. The number of methoxy groups -OCH3 is 3. The molecule has 0 atom stereocenters. The van der Waals surface area contributed by atoms with Gasteiger partial charge in [-0.25, -0.2) is 9.59 Å². The number of rotatable bonds is 3. The van der Waals surface area contributed by atoms with E-state index in [0.29, 0.717) is 11.4 Å². The van der Waals surface area contributed by atoms with Gasteiger partial charge in [-0.2, -0.15) is 0 Å². The number of ether oxygens (including phenoxy) is 3. The van der Waals surface area contributed by atoms with E-state index in [4.69, 9.17) is 14.2 Å². The van der Waals surface area contributed by atoms with E-state index in [9.17, 15) is 14.4 Å². The summed E-state index contributed by atoms with van der Waals surface area (Å²) < 4.78 is 14.4. The average molecular weight is 311 g/mol. The maximum Gasteiger partial charge on any atom is 0.337 e. The van der Waals surface area contributed by atoms with E-state index in [0.717, 1.165) is 0 Å². The summed E-state index contributed by atoms with van der Waals surface area (Å²) in [6.45, 7) is 4.80. The van der Waals surface area contributed by atoms with E-state index >= 15 is 0 Å². The molecule has 0 aliphatic carbocycles. The van der Waals surface area contributed by atoms with E-state index in [1.54, 1.807) is 25.8 Å². The van der Waals surface area contributed by atoms with Gasteiger partial charge in [0.15, 0.2) is 0 Å². The lowest BCUT2D eigenvalue weighted by molar-refractivity contribution is -0.154. The van der Waals surface area contributed by atoms with E-state index < -0.39 is 23.3 Å². The number of esters is 3. The summed E-state index contributed by atoms with van der Waals surface area (Å²) in [6, 6.07) is 0. The quantitative estimate of drug-likeness (QED) is 0.568. The van der Waals surface area contributed by atoms with Gasteiger partial charge in [0.05, 0.1) is 32.5 Å². The van der Waals surface area contributed by atoms with Crippen LogP contribution in [0.4, 0.5) is 0 Å². The minimum Gasteiger partial charge on any atom is -0.468 e. The summed E-state index contributed by atoms with van der Waals surface area (Å²) in [5.41, 5.74) is -0.490. The van der Waals surface area contributed by atoms with Gasteiger partial charge in [0.25, 0.3) is 0 Å². The van der Waals surface area contributed by atoms with E-state index in [1.807, 2.05) is 0 Å². The molecule has 0 amide bonds. The van der Waals surface area contributed by atoms with Crippen molar-refractivity contribution >= 4 is 17.9 Å². The number of carbonyl (C=O) groups excluding carboxylic acids is 3. The van der Waals surface area contributed by atoms with Crippen LogP contribution in [0.25, 0.3) is 0 Å². The van der Waals surface area contributed by atoms with Crippen molar-refractivity contribution in [2.24, 2.45) is 5.41 Å². The highest BCUT2D eigenvalue weighted by Gasteiger charge is 2.53. The van der Waals surface area contributed by atoms with Crippen LogP contribution in [0.3, 0.4) is 0 Å². The van der Waals surface area contributed by atoms with Gasteiger partial charge in [-0.3, -0.25) is 4.79 Å². The molecule has 0 spiro atoms. The molecule has 22 heavy (non-hydrogen) atoms. The SMILES string of the molecule is COC(=O)C1=C(C)N(C)C(C)=C(C(=O)OC)C1(C)C(=O)OC. The summed E-state index contributed by atoms with van der Waals surface area (Å²) in [4.78, 5) is 38.5. The molecule has 0 saturated carbocycles. The highest BCUT2D eigenvalue weighted by atomic mass is 16.5. The molecule has 0 aromatic carbocycles. The molecule has 7 nitrogen and oxygen atoms in total. The molecule has 0 saturated heterocycles. The van der Waals surface area contributed by atoms with Crippen LogP contribution in [0.2, 0.25) is 0 Å². The number of hydrogen-bond donors (Lipinski definition) is 0. The van der Waals surface area contributed by atoms with Gasteiger partial charge in [0.2, 0.25) is 0 Å². The van der Waals surface area contributed by atoms with Crippen LogP contribution >= 0.6 is 0 Å². The predicted molar refractivity (Wildman–Crippen MR) is 77.3 cm³/mol. The van der Waals surface area contributed by atoms with Gasteiger partial charge < -0.3 is 19.1 Å². The Morgan fingerprint density at radius 3 is 1.50 bits per heavy atom. The van der Waals surface area contributed by atoms with Crippen molar-refractivity contribution in [3.8, 4) is 0 Å². The van der Waals surface area contributed by atoms with E-state index in [1.165, 1.54) is 28.3 Å². The van der Waals surface area contributed by atoms with Crippen LogP contribution < -0.4 is 0 Å². The Morgan fingerprint density at radius 1 is 0.864 bits per heavy atom. The molecule has 0 unspecified atom stereocenters. The lowest BCUT2D eigenvalue weighted by Gasteiger charge is -2.39. The van der Waals surface area contributed by atoms with Crippen molar-refractivity contribution in [3.63, 3.8) is 0 Å². The molecule has 0 aromatic heterocycles. The zero-order valence-corrected chi connectivity index (χ0v) is 13.9. The minimum absolute atomic E-state index is 0.0513. The molecule has 1 rings (SSSR count). The topological polar surface area (TPSA) is 82.1 Å². The summed E-state index contributed by atoms with van der Waals surface area (Å²) in [5, 5.41) is 0. The molecule has 1 heterocycles. The molecule has 1 aliphatic rings. The Labute approximate surface area is 129 Å². The summed E-state index contributed by atoms with van der Waals surface area (Å²) in [7, 11) is 5.31. The number of carbonyl (C=O) groups is 3. The monoisotopic (exact) mass is 311 g/mol. The van der Waals surface area contributed by atoms with Gasteiger partial charge in [0.1, 0.15) is 5.41 Å². The average Bonchev–Trinajstić information content (AvgIpc) is 2.51. The van der Waals surface area contributed by atoms with E-state index in [2.05, 4.69) is 0 Å². The second kappa shape index (κ2) is 6.21. The second-order valence-corrected chi connectivity index (χ2v) is 5.08. The summed E-state index contributed by atoms with van der Waals surface area (Å²) in [5.74, 6) is -2.14. The Morgan fingerprint density at radius 2 is 1.23 bits per heavy atom. The molecular weight excluding hydrogens is 290 g/mol. The van der Waals surface area contributed by atoms with Crippen LogP contribution in [0, 0.1) is 5.41 Å². The zero-order chi connectivity index (χ0) is 17.2. The fourth-order valence-corrected chi connectivity index (χ4v) is 2.75. The molecule has 0 bridgehead atoms. The van der Waals surface area contributed by atoms with Gasteiger partial charge in [-0.1, -0.05) is 0 Å². The molecular formula is C15H21NO6. The summed E-state index contributed by atoms with van der Waals surface area (Å²) >= 11 is 0. The highest BCUT2D eigenvalue weighted by molar-refractivity contribution is 6.08. The van der Waals surface area contributed by atoms with Crippen LogP contribution in [0.5, 0.6) is 0 Å². The van der Waals surface area contributed by atoms with Crippen molar-refractivity contribution in [3.05, 3.63) is 22.5 Å². The molecule has 0 fully saturated rings. The van der Waals surface area contributed by atoms with Crippen molar-refractivity contribution in [1.82, 2.24) is 4.90 Å². The minimum atomic E-state index is -1.60. The third kappa shape index (κ3) is 2.36. The largest absolute Gasteiger partial charge is 0.468 e. The Bertz CT molecular complexity index is 547. The molecule has 0 radical (unpaired) electrons.